The number of benzene rings is 3. The number of hydrogen-bond donors (Lipinski definition) is 0. The van der Waals surface area contributed by atoms with Gasteiger partial charge < -0.3 is 9.47 Å². The zero-order valence-corrected chi connectivity index (χ0v) is 15.0. The number of carbonyl (C=O) groups is 2. The molecule has 3 rings (SSSR count). The highest BCUT2D eigenvalue weighted by Crippen LogP contribution is 2.23. The maximum absolute atomic E-state index is 12.9. The van der Waals surface area contributed by atoms with E-state index in [-0.39, 0.29) is 12.2 Å². The third kappa shape index (κ3) is 4.82. The molecule has 0 spiro atoms. The standard InChI is InChI=1S/C23H20O4/c1-26-20-14-12-17(13-15-20)16-21(24)27-23(19-10-6-3-7-11-19)22(25)18-8-4-2-5-9-18/h2-15,23H,16H2,1H3/t23-/m0/s1. The van der Waals surface area contributed by atoms with Crippen molar-refractivity contribution in [2.24, 2.45) is 0 Å². The second-order valence-corrected chi connectivity index (χ2v) is 6.04. The van der Waals surface area contributed by atoms with Crippen LogP contribution in [0.3, 0.4) is 0 Å². The highest BCUT2D eigenvalue weighted by atomic mass is 16.5. The molecular formula is C23H20O4. The predicted molar refractivity (Wildman–Crippen MR) is 103 cm³/mol. The Kier molecular flexibility index (Phi) is 6.00. The van der Waals surface area contributed by atoms with Gasteiger partial charge in [-0.05, 0) is 17.7 Å². The maximum atomic E-state index is 12.9. The summed E-state index contributed by atoms with van der Waals surface area (Å²) in [5.41, 5.74) is 1.94. The molecule has 0 aromatic heterocycles. The first-order chi connectivity index (χ1) is 13.2. The maximum Gasteiger partial charge on any atom is 0.311 e. The van der Waals surface area contributed by atoms with Crippen molar-refractivity contribution in [1.29, 1.82) is 0 Å². The topological polar surface area (TPSA) is 52.6 Å². The molecule has 0 N–H and O–H groups in total. The fourth-order valence-electron chi connectivity index (χ4n) is 2.74. The molecule has 136 valence electrons. The first-order valence-corrected chi connectivity index (χ1v) is 8.64. The summed E-state index contributed by atoms with van der Waals surface area (Å²) in [7, 11) is 1.59. The second kappa shape index (κ2) is 8.81. The van der Waals surface area contributed by atoms with Crippen LogP contribution in [0.1, 0.15) is 27.6 Å². The van der Waals surface area contributed by atoms with Crippen LogP contribution in [0.2, 0.25) is 0 Å². The molecule has 0 aliphatic carbocycles. The van der Waals surface area contributed by atoms with Crippen molar-refractivity contribution >= 4 is 11.8 Å². The molecule has 4 nitrogen and oxygen atoms in total. The van der Waals surface area contributed by atoms with Gasteiger partial charge in [-0.25, -0.2) is 0 Å². The molecule has 0 aliphatic rings. The lowest BCUT2D eigenvalue weighted by Crippen LogP contribution is -2.21. The Labute approximate surface area is 158 Å². The summed E-state index contributed by atoms with van der Waals surface area (Å²) in [5, 5.41) is 0. The molecule has 0 saturated carbocycles. The van der Waals surface area contributed by atoms with Gasteiger partial charge in [0.15, 0.2) is 6.10 Å². The predicted octanol–water partition coefficient (Wildman–Crippen LogP) is 4.41. The van der Waals surface area contributed by atoms with E-state index in [0.29, 0.717) is 16.9 Å². The summed E-state index contributed by atoms with van der Waals surface area (Å²) in [6, 6.07) is 25.1. The van der Waals surface area contributed by atoms with E-state index >= 15 is 0 Å². The quantitative estimate of drug-likeness (QED) is 0.463. The molecule has 27 heavy (non-hydrogen) atoms. The van der Waals surface area contributed by atoms with Crippen LogP contribution in [0, 0.1) is 0 Å². The van der Waals surface area contributed by atoms with Crippen LogP contribution in [0.4, 0.5) is 0 Å². The summed E-state index contributed by atoms with van der Waals surface area (Å²) in [6.45, 7) is 0. The van der Waals surface area contributed by atoms with Crippen LogP contribution in [0.25, 0.3) is 0 Å². The van der Waals surface area contributed by atoms with Crippen molar-refractivity contribution in [1.82, 2.24) is 0 Å². The van der Waals surface area contributed by atoms with E-state index in [2.05, 4.69) is 0 Å². The van der Waals surface area contributed by atoms with Crippen LogP contribution in [-0.2, 0) is 16.0 Å². The van der Waals surface area contributed by atoms with E-state index in [1.807, 2.05) is 24.3 Å². The molecule has 0 amide bonds. The van der Waals surface area contributed by atoms with Gasteiger partial charge in [0.2, 0.25) is 5.78 Å². The average molecular weight is 360 g/mol. The Morgan fingerprint density at radius 2 is 1.41 bits per heavy atom. The van der Waals surface area contributed by atoms with Gasteiger partial charge in [0.25, 0.3) is 0 Å². The minimum atomic E-state index is -0.973. The fourth-order valence-corrected chi connectivity index (χ4v) is 2.74. The SMILES string of the molecule is COc1ccc(CC(=O)O[C@H](C(=O)c2ccccc2)c2ccccc2)cc1. The normalized spacial score (nSPS) is 11.4. The number of Topliss-reactive ketones (excluding diaryl/α,β-unsaturated/α-hetero) is 1. The van der Waals surface area contributed by atoms with Crippen LogP contribution >= 0.6 is 0 Å². The molecule has 0 radical (unpaired) electrons. The number of carbonyl (C=O) groups excluding carboxylic acids is 2. The van der Waals surface area contributed by atoms with Gasteiger partial charge in [-0.3, -0.25) is 9.59 Å². The molecule has 0 heterocycles. The minimum Gasteiger partial charge on any atom is -0.497 e. The zero-order chi connectivity index (χ0) is 19.1. The van der Waals surface area contributed by atoms with E-state index in [0.717, 1.165) is 5.56 Å². The zero-order valence-electron chi connectivity index (χ0n) is 15.0. The van der Waals surface area contributed by atoms with Gasteiger partial charge in [-0.15, -0.1) is 0 Å². The fraction of sp³-hybridized carbons (Fsp3) is 0.130. The summed E-state index contributed by atoms with van der Waals surface area (Å²) >= 11 is 0. The van der Waals surface area contributed by atoms with Gasteiger partial charge in [0.05, 0.1) is 13.5 Å². The van der Waals surface area contributed by atoms with Crippen molar-refractivity contribution in [2.45, 2.75) is 12.5 Å². The van der Waals surface area contributed by atoms with Gasteiger partial charge in [-0.1, -0.05) is 72.8 Å². The Bertz CT molecular complexity index is 887. The first kappa shape index (κ1) is 18.4. The molecule has 1 atom stereocenters. The van der Waals surface area contributed by atoms with Crippen molar-refractivity contribution < 1.29 is 19.1 Å². The number of esters is 1. The van der Waals surface area contributed by atoms with Crippen molar-refractivity contribution in [3.8, 4) is 5.75 Å². The summed E-state index contributed by atoms with van der Waals surface area (Å²) in [5.74, 6) is 0.0108. The van der Waals surface area contributed by atoms with E-state index in [9.17, 15) is 9.59 Å². The van der Waals surface area contributed by atoms with Crippen molar-refractivity contribution in [3.63, 3.8) is 0 Å². The average Bonchev–Trinajstić information content (AvgIpc) is 2.73. The number of rotatable bonds is 7. The minimum absolute atomic E-state index is 0.0788. The van der Waals surface area contributed by atoms with Gasteiger partial charge in [0.1, 0.15) is 5.75 Å². The van der Waals surface area contributed by atoms with Crippen molar-refractivity contribution in [3.05, 3.63) is 102 Å². The number of hydrogen-bond acceptors (Lipinski definition) is 4. The molecule has 3 aromatic carbocycles. The number of methoxy groups -OCH3 is 1. The largest absolute Gasteiger partial charge is 0.497 e. The summed E-state index contributed by atoms with van der Waals surface area (Å²) in [6.07, 6.45) is -0.894. The third-order valence-corrected chi connectivity index (χ3v) is 4.16. The monoisotopic (exact) mass is 360 g/mol. The molecule has 4 heteroatoms. The van der Waals surface area contributed by atoms with E-state index < -0.39 is 12.1 Å². The smallest absolute Gasteiger partial charge is 0.311 e. The Morgan fingerprint density at radius 1 is 0.815 bits per heavy atom. The number of ketones is 1. The van der Waals surface area contributed by atoms with Gasteiger partial charge in [-0.2, -0.15) is 0 Å². The van der Waals surface area contributed by atoms with Gasteiger partial charge >= 0.3 is 5.97 Å². The Morgan fingerprint density at radius 3 is 2.00 bits per heavy atom. The summed E-state index contributed by atoms with van der Waals surface area (Å²) < 4.78 is 10.7. The van der Waals surface area contributed by atoms with Crippen molar-refractivity contribution in [2.75, 3.05) is 7.11 Å². The highest BCUT2D eigenvalue weighted by Gasteiger charge is 2.26. The third-order valence-electron chi connectivity index (χ3n) is 4.16. The molecule has 0 aliphatic heterocycles. The molecule has 0 fully saturated rings. The van der Waals surface area contributed by atoms with Crippen LogP contribution < -0.4 is 4.74 Å². The second-order valence-electron chi connectivity index (χ2n) is 6.04. The molecule has 0 unspecified atom stereocenters. The van der Waals surface area contributed by atoms with E-state index in [4.69, 9.17) is 9.47 Å². The molecule has 0 saturated heterocycles. The lowest BCUT2D eigenvalue weighted by Gasteiger charge is -2.17. The molecule has 0 bridgehead atoms. The number of ether oxygens (including phenoxy) is 2. The molecule has 3 aromatic rings. The Balaban J connectivity index is 1.78. The summed E-state index contributed by atoms with van der Waals surface area (Å²) in [4.78, 5) is 25.4. The lowest BCUT2D eigenvalue weighted by atomic mass is 10.00. The van der Waals surface area contributed by atoms with Gasteiger partial charge in [0, 0.05) is 11.1 Å². The Hall–Kier alpha value is -3.40. The van der Waals surface area contributed by atoms with Crippen LogP contribution in [-0.4, -0.2) is 18.9 Å². The van der Waals surface area contributed by atoms with Crippen LogP contribution in [0.5, 0.6) is 5.75 Å². The first-order valence-electron chi connectivity index (χ1n) is 8.64. The lowest BCUT2D eigenvalue weighted by molar-refractivity contribution is -0.146. The van der Waals surface area contributed by atoms with E-state index in [1.165, 1.54) is 0 Å². The van der Waals surface area contributed by atoms with Crippen LogP contribution in [0.15, 0.2) is 84.9 Å². The molecular weight excluding hydrogens is 340 g/mol. The highest BCUT2D eigenvalue weighted by molar-refractivity contribution is 6.01. The van der Waals surface area contributed by atoms with E-state index in [1.54, 1.807) is 67.8 Å².